The summed E-state index contributed by atoms with van der Waals surface area (Å²) < 4.78 is 7.19. The molecule has 0 aliphatic heterocycles. The normalized spacial score (nSPS) is 12.4. The number of methoxy groups -OCH3 is 1. The van der Waals surface area contributed by atoms with Crippen LogP contribution in [0.4, 0.5) is 0 Å². The lowest BCUT2D eigenvalue weighted by Crippen LogP contribution is -2.25. The molecule has 2 rings (SSSR count). The fourth-order valence-corrected chi connectivity index (χ4v) is 2.01. The lowest BCUT2D eigenvalue weighted by molar-refractivity contribution is 0.398. The fourth-order valence-electron chi connectivity index (χ4n) is 2.01. The summed E-state index contributed by atoms with van der Waals surface area (Å²) in [6.45, 7) is 3.04. The number of nitrogens with zero attached hydrogens (tertiary/aromatic N) is 3. The molecule has 0 aliphatic carbocycles. The van der Waals surface area contributed by atoms with Gasteiger partial charge in [0, 0.05) is 19.4 Å². The maximum atomic E-state index is 5.40. The van der Waals surface area contributed by atoms with Crippen LogP contribution in [-0.2, 0) is 7.05 Å². The third-order valence-electron chi connectivity index (χ3n) is 2.92. The Bertz CT molecular complexity index is 524. The van der Waals surface area contributed by atoms with Crippen molar-refractivity contribution in [2.45, 2.75) is 19.4 Å². The Hall–Kier alpha value is -1.88. The van der Waals surface area contributed by atoms with Gasteiger partial charge in [0.05, 0.1) is 18.8 Å². The third kappa shape index (κ3) is 3.12. The lowest BCUT2D eigenvalue weighted by Gasteiger charge is -2.18. The fraction of sp³-hybridized carbons (Fsp3) is 0.429. The van der Waals surface area contributed by atoms with Crippen molar-refractivity contribution in [3.05, 3.63) is 42.0 Å². The highest BCUT2D eigenvalue weighted by Gasteiger charge is 2.20. The van der Waals surface area contributed by atoms with E-state index in [0.717, 1.165) is 30.1 Å². The van der Waals surface area contributed by atoms with E-state index in [4.69, 9.17) is 4.74 Å². The zero-order valence-corrected chi connectivity index (χ0v) is 11.6. The van der Waals surface area contributed by atoms with Crippen LogP contribution in [0.2, 0.25) is 0 Å². The molecule has 0 spiro atoms. The number of nitrogens with one attached hydrogen (secondary N) is 1. The molecule has 2 aromatic rings. The van der Waals surface area contributed by atoms with Gasteiger partial charge in [0.25, 0.3) is 0 Å². The van der Waals surface area contributed by atoms with Crippen LogP contribution in [0.15, 0.2) is 30.6 Å². The Kier molecular flexibility index (Phi) is 4.52. The highest BCUT2D eigenvalue weighted by molar-refractivity contribution is 5.34. The first kappa shape index (κ1) is 13.5. The van der Waals surface area contributed by atoms with Crippen molar-refractivity contribution in [1.82, 2.24) is 20.1 Å². The molecule has 0 saturated carbocycles. The molecule has 19 heavy (non-hydrogen) atoms. The summed E-state index contributed by atoms with van der Waals surface area (Å²) >= 11 is 0. The first-order chi connectivity index (χ1) is 9.26. The summed E-state index contributed by atoms with van der Waals surface area (Å²) in [5.41, 5.74) is 1.82. The van der Waals surface area contributed by atoms with Crippen molar-refractivity contribution in [2.75, 3.05) is 13.7 Å². The molecule has 0 aliphatic rings. The monoisotopic (exact) mass is 260 g/mol. The second-order valence-corrected chi connectivity index (χ2v) is 4.39. The van der Waals surface area contributed by atoms with Gasteiger partial charge < -0.3 is 10.1 Å². The Morgan fingerprint density at radius 2 is 2.26 bits per heavy atom. The lowest BCUT2D eigenvalue weighted by atomic mass is 10.1. The number of aryl methyl sites for hydroxylation is 1. The molecule has 1 unspecified atom stereocenters. The number of aromatic nitrogens is 3. The number of rotatable bonds is 6. The number of ether oxygens (including phenoxy) is 1. The van der Waals surface area contributed by atoms with E-state index in [9.17, 15) is 0 Å². The van der Waals surface area contributed by atoms with Gasteiger partial charge in [-0.15, -0.1) is 0 Å². The van der Waals surface area contributed by atoms with E-state index in [1.165, 1.54) is 0 Å². The standard InChI is InChI=1S/C14H20N4O/c1-4-8-15-13(11-7-10-18(2)17-11)14-12(19-3)6-5-9-16-14/h5-7,9-10,13,15H,4,8H2,1-3H3. The summed E-state index contributed by atoms with van der Waals surface area (Å²) in [6.07, 6.45) is 4.77. The molecule has 0 aromatic carbocycles. The minimum atomic E-state index is -0.0442. The average Bonchev–Trinajstić information content (AvgIpc) is 2.86. The van der Waals surface area contributed by atoms with E-state index in [-0.39, 0.29) is 6.04 Å². The second kappa shape index (κ2) is 6.33. The van der Waals surface area contributed by atoms with Crippen molar-refractivity contribution in [3.63, 3.8) is 0 Å². The van der Waals surface area contributed by atoms with Crippen LogP contribution in [0.3, 0.4) is 0 Å². The van der Waals surface area contributed by atoms with Crippen molar-refractivity contribution >= 4 is 0 Å². The Labute approximate surface area is 113 Å². The van der Waals surface area contributed by atoms with Gasteiger partial charge >= 0.3 is 0 Å². The molecule has 5 heteroatoms. The van der Waals surface area contributed by atoms with Crippen LogP contribution < -0.4 is 10.1 Å². The molecule has 0 fully saturated rings. The maximum Gasteiger partial charge on any atom is 0.142 e. The van der Waals surface area contributed by atoms with Crippen molar-refractivity contribution in [3.8, 4) is 5.75 Å². The zero-order valence-electron chi connectivity index (χ0n) is 11.6. The zero-order chi connectivity index (χ0) is 13.7. The van der Waals surface area contributed by atoms with Gasteiger partial charge in [0.2, 0.25) is 0 Å². The van der Waals surface area contributed by atoms with E-state index in [1.807, 2.05) is 31.4 Å². The molecular formula is C14H20N4O. The minimum absolute atomic E-state index is 0.0442. The molecule has 1 atom stereocenters. The molecule has 1 N–H and O–H groups in total. The third-order valence-corrected chi connectivity index (χ3v) is 2.92. The minimum Gasteiger partial charge on any atom is -0.495 e. The van der Waals surface area contributed by atoms with E-state index in [2.05, 4.69) is 22.3 Å². The number of hydrogen-bond donors (Lipinski definition) is 1. The van der Waals surface area contributed by atoms with Crippen molar-refractivity contribution in [2.24, 2.45) is 7.05 Å². The molecule has 0 bridgehead atoms. The topological polar surface area (TPSA) is 52.0 Å². The predicted molar refractivity (Wildman–Crippen MR) is 74.1 cm³/mol. The molecular weight excluding hydrogens is 240 g/mol. The first-order valence-electron chi connectivity index (χ1n) is 6.48. The van der Waals surface area contributed by atoms with Crippen LogP contribution in [-0.4, -0.2) is 28.4 Å². The van der Waals surface area contributed by atoms with Gasteiger partial charge in [0.15, 0.2) is 0 Å². The summed E-state index contributed by atoms with van der Waals surface area (Å²) in [5, 5.41) is 7.95. The van der Waals surface area contributed by atoms with Crippen LogP contribution >= 0.6 is 0 Å². The molecule has 0 radical (unpaired) electrons. The highest BCUT2D eigenvalue weighted by atomic mass is 16.5. The van der Waals surface area contributed by atoms with E-state index in [0.29, 0.717) is 0 Å². The smallest absolute Gasteiger partial charge is 0.142 e. The molecule has 5 nitrogen and oxygen atoms in total. The van der Waals surface area contributed by atoms with Crippen LogP contribution in [0.1, 0.15) is 30.8 Å². The van der Waals surface area contributed by atoms with Gasteiger partial charge in [-0.3, -0.25) is 9.67 Å². The van der Waals surface area contributed by atoms with E-state index in [1.54, 1.807) is 18.0 Å². The first-order valence-corrected chi connectivity index (χ1v) is 6.48. The number of pyridine rings is 1. The summed E-state index contributed by atoms with van der Waals surface area (Å²) in [5.74, 6) is 0.779. The van der Waals surface area contributed by atoms with Gasteiger partial charge in [-0.1, -0.05) is 6.92 Å². The molecule has 0 saturated heterocycles. The van der Waals surface area contributed by atoms with Crippen LogP contribution in [0, 0.1) is 0 Å². The Morgan fingerprint density at radius 1 is 1.42 bits per heavy atom. The SMILES string of the molecule is CCCNC(c1ccn(C)n1)c1ncccc1OC. The van der Waals surface area contributed by atoms with E-state index < -0.39 is 0 Å². The number of hydrogen-bond acceptors (Lipinski definition) is 4. The predicted octanol–water partition coefficient (Wildman–Crippen LogP) is 1.91. The largest absolute Gasteiger partial charge is 0.495 e. The van der Waals surface area contributed by atoms with E-state index >= 15 is 0 Å². The second-order valence-electron chi connectivity index (χ2n) is 4.39. The maximum absolute atomic E-state index is 5.40. The van der Waals surface area contributed by atoms with Crippen LogP contribution in [0.5, 0.6) is 5.75 Å². The van der Waals surface area contributed by atoms with Crippen LogP contribution in [0.25, 0.3) is 0 Å². The quantitative estimate of drug-likeness (QED) is 0.862. The summed E-state index contributed by atoms with van der Waals surface area (Å²) in [4.78, 5) is 4.45. The average molecular weight is 260 g/mol. The van der Waals surface area contributed by atoms with Gasteiger partial charge in [-0.2, -0.15) is 5.10 Å². The Morgan fingerprint density at radius 3 is 2.89 bits per heavy atom. The molecule has 0 amide bonds. The van der Waals surface area contributed by atoms with Crippen molar-refractivity contribution in [1.29, 1.82) is 0 Å². The van der Waals surface area contributed by atoms with Gasteiger partial charge in [-0.05, 0) is 31.2 Å². The highest BCUT2D eigenvalue weighted by Crippen LogP contribution is 2.26. The summed E-state index contributed by atoms with van der Waals surface area (Å²) in [7, 11) is 3.58. The summed E-state index contributed by atoms with van der Waals surface area (Å²) in [6, 6.07) is 5.75. The molecule has 2 aromatic heterocycles. The van der Waals surface area contributed by atoms with Crippen molar-refractivity contribution < 1.29 is 4.74 Å². The molecule has 102 valence electrons. The van der Waals surface area contributed by atoms with Gasteiger partial charge in [0.1, 0.15) is 11.4 Å². The van der Waals surface area contributed by atoms with Gasteiger partial charge in [-0.25, -0.2) is 0 Å². The molecule has 2 heterocycles. The Balaban J connectivity index is 2.36.